The average molecular weight is 508 g/mol. The molecule has 0 aliphatic rings. The van der Waals surface area contributed by atoms with Crippen LogP contribution in [-0.2, 0) is 0 Å². The maximum absolute atomic E-state index is 13.0. The third-order valence-electron chi connectivity index (χ3n) is 5.59. The van der Waals surface area contributed by atoms with Gasteiger partial charge in [-0.2, -0.15) is 0 Å². The molecule has 0 radical (unpaired) electrons. The maximum atomic E-state index is 13.0. The van der Waals surface area contributed by atoms with Gasteiger partial charge in [0.1, 0.15) is 0 Å². The van der Waals surface area contributed by atoms with Gasteiger partial charge in [-0.05, 0) is 72.4 Å². The van der Waals surface area contributed by atoms with Crippen molar-refractivity contribution < 1.29 is 14.7 Å². The Morgan fingerprint density at radius 1 is 0.889 bits per heavy atom. The van der Waals surface area contributed by atoms with Crippen molar-refractivity contribution in [3.63, 3.8) is 0 Å². The summed E-state index contributed by atoms with van der Waals surface area (Å²) < 4.78 is 0. The van der Waals surface area contributed by atoms with Gasteiger partial charge in [-0.25, -0.2) is 9.59 Å². The minimum atomic E-state index is -1.04. The van der Waals surface area contributed by atoms with Crippen molar-refractivity contribution >= 4 is 40.7 Å². The van der Waals surface area contributed by atoms with Crippen LogP contribution in [0.15, 0.2) is 60.7 Å². The van der Waals surface area contributed by atoms with Gasteiger partial charge < -0.3 is 20.6 Å². The van der Waals surface area contributed by atoms with Gasteiger partial charge in [0.05, 0.1) is 16.9 Å². The number of rotatable bonds is 9. The summed E-state index contributed by atoms with van der Waals surface area (Å²) in [6, 6.07) is 17.5. The van der Waals surface area contributed by atoms with Crippen molar-refractivity contribution in [2.24, 2.45) is 11.8 Å². The summed E-state index contributed by atoms with van der Waals surface area (Å²) in [6.07, 6.45) is 0. The molecule has 0 unspecified atom stereocenters. The number of carbonyl (C=O) groups is 2. The molecule has 3 aromatic carbocycles. The molecule has 6 nitrogen and oxygen atoms in total. The normalized spacial score (nSPS) is 11.0. The lowest BCUT2D eigenvalue weighted by Crippen LogP contribution is -2.32. The standard InChI is InChI=1S/C29H34ClN3O3/c1-18(2)16-33(17-19(3)4)27-13-8-21(25-15-22(30)9-12-24(25)28(34)35)14-26(27)32-29(36)31-23-10-6-20(5)7-11-23/h6-15,18-19H,16-17H2,1-5H3,(H,34,35)(H2,31,32,36). The Hall–Kier alpha value is -3.51. The second-order valence-corrected chi connectivity index (χ2v) is 10.3. The lowest BCUT2D eigenvalue weighted by Gasteiger charge is -2.31. The van der Waals surface area contributed by atoms with Gasteiger partial charge in [0.2, 0.25) is 0 Å². The highest BCUT2D eigenvalue weighted by Gasteiger charge is 2.19. The van der Waals surface area contributed by atoms with Gasteiger partial charge in [0, 0.05) is 23.8 Å². The molecular formula is C29H34ClN3O3. The third-order valence-corrected chi connectivity index (χ3v) is 5.82. The summed E-state index contributed by atoms with van der Waals surface area (Å²) in [5.41, 5.74) is 4.53. The van der Waals surface area contributed by atoms with Gasteiger partial charge in [-0.15, -0.1) is 0 Å². The number of carbonyl (C=O) groups excluding carboxylic acids is 1. The minimum Gasteiger partial charge on any atom is -0.478 e. The van der Waals surface area contributed by atoms with Crippen LogP contribution in [0.5, 0.6) is 0 Å². The molecule has 0 aliphatic heterocycles. The fourth-order valence-electron chi connectivity index (χ4n) is 4.10. The first-order valence-corrected chi connectivity index (χ1v) is 12.5. The summed E-state index contributed by atoms with van der Waals surface area (Å²) in [7, 11) is 0. The monoisotopic (exact) mass is 507 g/mol. The summed E-state index contributed by atoms with van der Waals surface area (Å²) >= 11 is 6.21. The molecule has 0 spiro atoms. The molecule has 0 saturated carbocycles. The number of aromatic carboxylic acids is 1. The molecule has 190 valence electrons. The highest BCUT2D eigenvalue weighted by molar-refractivity contribution is 6.31. The molecule has 0 bridgehead atoms. The first-order chi connectivity index (χ1) is 17.0. The van der Waals surface area contributed by atoms with Crippen molar-refractivity contribution in [3.8, 4) is 11.1 Å². The van der Waals surface area contributed by atoms with E-state index in [0.29, 0.717) is 39.4 Å². The number of hydrogen-bond donors (Lipinski definition) is 3. The number of carboxylic acids is 1. The van der Waals surface area contributed by atoms with Crippen LogP contribution in [-0.4, -0.2) is 30.2 Å². The number of benzene rings is 3. The quantitative estimate of drug-likeness (QED) is 0.276. The molecule has 0 aromatic heterocycles. The molecule has 0 atom stereocenters. The van der Waals surface area contributed by atoms with E-state index in [9.17, 15) is 14.7 Å². The summed E-state index contributed by atoms with van der Waals surface area (Å²) in [4.78, 5) is 27.2. The Labute approximate surface area is 218 Å². The third kappa shape index (κ3) is 7.25. The number of aryl methyl sites for hydroxylation is 1. The topological polar surface area (TPSA) is 81.7 Å². The number of amides is 2. The molecule has 3 rings (SSSR count). The molecule has 3 aromatic rings. The van der Waals surface area contributed by atoms with E-state index in [0.717, 1.165) is 24.3 Å². The number of nitrogens with one attached hydrogen (secondary N) is 2. The SMILES string of the molecule is Cc1ccc(NC(=O)Nc2cc(-c3cc(Cl)ccc3C(=O)O)ccc2N(CC(C)C)CC(C)C)cc1. The number of nitrogens with zero attached hydrogens (tertiary/aromatic N) is 1. The molecule has 7 heteroatoms. The number of hydrogen-bond acceptors (Lipinski definition) is 3. The zero-order valence-electron chi connectivity index (χ0n) is 21.4. The van der Waals surface area contributed by atoms with Crippen LogP contribution in [0.25, 0.3) is 11.1 Å². The van der Waals surface area contributed by atoms with Crippen LogP contribution in [0.2, 0.25) is 5.02 Å². The summed E-state index contributed by atoms with van der Waals surface area (Å²) in [5.74, 6) is -0.230. The van der Waals surface area contributed by atoms with Crippen LogP contribution in [0.3, 0.4) is 0 Å². The molecule has 0 saturated heterocycles. The van der Waals surface area contributed by atoms with Crippen LogP contribution in [0.4, 0.5) is 21.9 Å². The fourth-order valence-corrected chi connectivity index (χ4v) is 4.27. The van der Waals surface area contributed by atoms with Crippen molar-refractivity contribution in [1.82, 2.24) is 0 Å². The van der Waals surface area contributed by atoms with E-state index in [4.69, 9.17) is 11.6 Å². The second-order valence-electron chi connectivity index (χ2n) is 9.86. The molecule has 0 fully saturated rings. The van der Waals surface area contributed by atoms with Gasteiger partial charge in [-0.3, -0.25) is 0 Å². The zero-order valence-corrected chi connectivity index (χ0v) is 22.2. The highest BCUT2D eigenvalue weighted by atomic mass is 35.5. The first-order valence-electron chi connectivity index (χ1n) is 12.1. The number of carboxylic acid groups (broad SMARTS) is 1. The van der Waals surface area contributed by atoms with Gasteiger partial charge in [0.25, 0.3) is 0 Å². The van der Waals surface area contributed by atoms with E-state index in [1.54, 1.807) is 12.1 Å². The molecular weight excluding hydrogens is 474 g/mol. The predicted molar refractivity (Wildman–Crippen MR) is 150 cm³/mol. The van der Waals surface area contributed by atoms with Crippen molar-refractivity contribution in [2.45, 2.75) is 34.6 Å². The Bertz CT molecular complexity index is 1210. The van der Waals surface area contributed by atoms with Crippen LogP contribution < -0.4 is 15.5 Å². The van der Waals surface area contributed by atoms with E-state index in [2.05, 4.69) is 43.2 Å². The molecule has 36 heavy (non-hydrogen) atoms. The lowest BCUT2D eigenvalue weighted by molar-refractivity contribution is 0.0697. The van der Waals surface area contributed by atoms with Gasteiger partial charge >= 0.3 is 12.0 Å². The van der Waals surface area contributed by atoms with E-state index in [1.807, 2.05) is 49.4 Å². The molecule has 2 amide bonds. The fraction of sp³-hybridized carbons (Fsp3) is 0.310. The van der Waals surface area contributed by atoms with E-state index in [1.165, 1.54) is 6.07 Å². The highest BCUT2D eigenvalue weighted by Crippen LogP contribution is 2.35. The van der Waals surface area contributed by atoms with E-state index < -0.39 is 5.97 Å². The van der Waals surface area contributed by atoms with Crippen molar-refractivity contribution in [1.29, 1.82) is 0 Å². The Kier molecular flexibility index (Phi) is 8.99. The van der Waals surface area contributed by atoms with Crippen LogP contribution in [0.1, 0.15) is 43.6 Å². The average Bonchev–Trinajstić information content (AvgIpc) is 2.79. The maximum Gasteiger partial charge on any atom is 0.336 e. The number of halogens is 1. The molecule has 0 aliphatic carbocycles. The van der Waals surface area contributed by atoms with Crippen LogP contribution in [0, 0.1) is 18.8 Å². The molecule has 3 N–H and O–H groups in total. The summed E-state index contributed by atoms with van der Waals surface area (Å²) in [6.45, 7) is 12.2. The largest absolute Gasteiger partial charge is 0.478 e. The zero-order chi connectivity index (χ0) is 26.4. The smallest absolute Gasteiger partial charge is 0.336 e. The van der Waals surface area contributed by atoms with Gasteiger partial charge in [0.15, 0.2) is 0 Å². The predicted octanol–water partition coefficient (Wildman–Crippen LogP) is 7.78. The van der Waals surface area contributed by atoms with Crippen molar-refractivity contribution in [2.75, 3.05) is 28.6 Å². The molecule has 0 heterocycles. The Morgan fingerprint density at radius 2 is 1.53 bits per heavy atom. The van der Waals surface area contributed by atoms with Gasteiger partial charge in [-0.1, -0.05) is 63.1 Å². The Balaban J connectivity index is 2.06. The minimum absolute atomic E-state index is 0.142. The number of urea groups is 1. The van der Waals surface area contributed by atoms with E-state index >= 15 is 0 Å². The second kappa shape index (κ2) is 12.0. The van der Waals surface area contributed by atoms with Crippen molar-refractivity contribution in [3.05, 3.63) is 76.8 Å². The lowest BCUT2D eigenvalue weighted by atomic mass is 9.98. The van der Waals surface area contributed by atoms with E-state index in [-0.39, 0.29) is 11.6 Å². The first kappa shape index (κ1) is 27.1. The van der Waals surface area contributed by atoms with Crippen LogP contribution >= 0.6 is 11.6 Å². The number of anilines is 3. The summed E-state index contributed by atoms with van der Waals surface area (Å²) in [5, 5.41) is 16.0. The Morgan fingerprint density at radius 3 is 2.11 bits per heavy atom.